The van der Waals surface area contributed by atoms with Crippen LogP contribution in [0.5, 0.6) is 0 Å². The average Bonchev–Trinajstić information content (AvgIpc) is 2.84. The van der Waals surface area contributed by atoms with E-state index in [2.05, 4.69) is 40.2 Å². The second-order valence-corrected chi connectivity index (χ2v) is 6.81. The average molecular weight is 323 g/mol. The largest absolute Gasteiger partial charge is 0.372 e. The highest BCUT2D eigenvalue weighted by Gasteiger charge is 2.10. The Morgan fingerprint density at radius 1 is 1.17 bits per heavy atom. The minimum atomic E-state index is 0.630. The number of anilines is 1. The fraction of sp³-hybridized carbons (Fsp3) is 0.368. The Bertz CT molecular complexity index is 714. The van der Waals surface area contributed by atoms with Gasteiger partial charge in [-0.1, -0.05) is 25.0 Å². The van der Waals surface area contributed by atoms with E-state index in [0.717, 1.165) is 29.4 Å². The second-order valence-electron chi connectivity index (χ2n) is 5.96. The number of nitrogens with zero attached hydrogens (tertiary/aromatic N) is 3. The third-order valence-electron chi connectivity index (χ3n) is 4.15. The third-order valence-corrected chi connectivity index (χ3v) is 5.14. The summed E-state index contributed by atoms with van der Waals surface area (Å²) in [5.74, 6) is 0. The molecule has 0 spiro atoms. The van der Waals surface area contributed by atoms with E-state index >= 15 is 0 Å². The minimum absolute atomic E-state index is 0.630. The maximum absolute atomic E-state index is 9.38. The van der Waals surface area contributed by atoms with E-state index < -0.39 is 0 Å². The van der Waals surface area contributed by atoms with E-state index in [1.54, 1.807) is 0 Å². The Hall–Kier alpha value is -2.12. The van der Waals surface area contributed by atoms with E-state index in [-0.39, 0.29) is 0 Å². The summed E-state index contributed by atoms with van der Waals surface area (Å²) in [6.45, 7) is 4.25. The number of hydrogen-bond acceptors (Lipinski definition) is 4. The quantitative estimate of drug-likeness (QED) is 0.755. The topological polar surface area (TPSA) is 39.9 Å². The van der Waals surface area contributed by atoms with Crippen molar-refractivity contribution in [3.63, 3.8) is 0 Å². The Balaban J connectivity index is 1.78. The zero-order valence-electron chi connectivity index (χ0n) is 13.5. The number of aromatic nitrogens is 1. The van der Waals surface area contributed by atoms with Gasteiger partial charge in [0.25, 0.3) is 0 Å². The van der Waals surface area contributed by atoms with Crippen molar-refractivity contribution in [1.29, 1.82) is 5.26 Å². The maximum Gasteiger partial charge on any atom is 0.134 e. The SMILES string of the molecule is Cc1csc(/C(C#N)=C/c2ccc(N3CCCCCC3)cc2)n1. The van der Waals surface area contributed by atoms with E-state index in [4.69, 9.17) is 0 Å². The smallest absolute Gasteiger partial charge is 0.134 e. The van der Waals surface area contributed by atoms with Crippen molar-refractivity contribution in [2.75, 3.05) is 18.0 Å². The number of benzene rings is 1. The van der Waals surface area contributed by atoms with Gasteiger partial charge in [0.05, 0.1) is 5.57 Å². The maximum atomic E-state index is 9.38. The summed E-state index contributed by atoms with van der Waals surface area (Å²) in [5.41, 5.74) is 3.92. The molecule has 1 aliphatic heterocycles. The van der Waals surface area contributed by atoms with Crippen LogP contribution in [0.4, 0.5) is 5.69 Å². The van der Waals surface area contributed by atoms with Crippen molar-refractivity contribution >= 4 is 28.7 Å². The van der Waals surface area contributed by atoms with E-state index in [0.29, 0.717) is 5.57 Å². The Kier molecular flexibility index (Phi) is 5.09. The molecule has 1 aliphatic rings. The molecule has 0 unspecified atom stereocenters. The van der Waals surface area contributed by atoms with E-state index in [1.165, 1.54) is 42.7 Å². The summed E-state index contributed by atoms with van der Waals surface area (Å²) in [6.07, 6.45) is 7.17. The summed E-state index contributed by atoms with van der Waals surface area (Å²) < 4.78 is 0. The molecular weight excluding hydrogens is 302 g/mol. The highest BCUT2D eigenvalue weighted by molar-refractivity contribution is 7.11. The van der Waals surface area contributed by atoms with E-state index in [9.17, 15) is 5.26 Å². The first-order valence-electron chi connectivity index (χ1n) is 8.15. The Morgan fingerprint density at radius 2 is 1.87 bits per heavy atom. The van der Waals surface area contributed by atoms with Crippen molar-refractivity contribution in [1.82, 2.24) is 4.98 Å². The van der Waals surface area contributed by atoms with Crippen LogP contribution < -0.4 is 4.90 Å². The third kappa shape index (κ3) is 4.00. The number of nitriles is 1. The number of thiazole rings is 1. The van der Waals surface area contributed by atoms with Gasteiger partial charge in [-0.3, -0.25) is 0 Å². The van der Waals surface area contributed by atoms with Gasteiger partial charge >= 0.3 is 0 Å². The van der Waals surface area contributed by atoms with Gasteiger partial charge in [0, 0.05) is 29.9 Å². The van der Waals surface area contributed by atoms with Crippen LogP contribution in [0.3, 0.4) is 0 Å². The molecule has 1 fully saturated rings. The first-order chi connectivity index (χ1) is 11.3. The van der Waals surface area contributed by atoms with E-state index in [1.807, 2.05) is 18.4 Å². The predicted molar refractivity (Wildman–Crippen MR) is 97.5 cm³/mol. The fourth-order valence-electron chi connectivity index (χ4n) is 2.90. The second kappa shape index (κ2) is 7.43. The monoisotopic (exact) mass is 323 g/mol. The van der Waals surface area contributed by atoms with Gasteiger partial charge in [-0.05, 0) is 43.5 Å². The summed E-state index contributed by atoms with van der Waals surface area (Å²) in [7, 11) is 0. The molecular formula is C19H21N3S. The van der Waals surface area contributed by atoms with Gasteiger partial charge in [-0.25, -0.2) is 4.98 Å². The standard InChI is InChI=1S/C19H21N3S/c1-15-14-23-19(21-15)17(13-20)12-16-6-8-18(9-7-16)22-10-4-2-3-5-11-22/h6-9,12,14H,2-5,10-11H2,1H3/b17-12+. The number of rotatable bonds is 3. The molecule has 4 heteroatoms. The predicted octanol–water partition coefficient (Wildman–Crippen LogP) is 4.90. The van der Waals surface area contributed by atoms with Crippen molar-refractivity contribution in [2.24, 2.45) is 0 Å². The van der Waals surface area contributed by atoms with Crippen LogP contribution in [0, 0.1) is 18.3 Å². The van der Waals surface area contributed by atoms with Crippen molar-refractivity contribution < 1.29 is 0 Å². The number of aryl methyl sites for hydroxylation is 1. The lowest BCUT2D eigenvalue weighted by molar-refractivity contribution is 0.726. The Labute approximate surface area is 141 Å². The molecule has 1 aromatic carbocycles. The molecule has 0 atom stereocenters. The summed E-state index contributed by atoms with van der Waals surface area (Å²) in [4.78, 5) is 6.87. The van der Waals surface area contributed by atoms with Crippen LogP contribution >= 0.6 is 11.3 Å². The van der Waals surface area contributed by atoms with Crippen LogP contribution in [0.25, 0.3) is 11.6 Å². The van der Waals surface area contributed by atoms with Crippen molar-refractivity contribution in [2.45, 2.75) is 32.6 Å². The van der Waals surface area contributed by atoms with Gasteiger partial charge in [0.2, 0.25) is 0 Å². The van der Waals surface area contributed by atoms with Crippen LogP contribution in [0.2, 0.25) is 0 Å². The molecule has 0 N–H and O–H groups in total. The first kappa shape index (κ1) is 15.8. The summed E-state index contributed by atoms with van der Waals surface area (Å²) >= 11 is 1.52. The van der Waals surface area contributed by atoms with Gasteiger partial charge in [-0.15, -0.1) is 11.3 Å². The first-order valence-corrected chi connectivity index (χ1v) is 9.03. The lowest BCUT2D eigenvalue weighted by Gasteiger charge is -2.22. The molecule has 2 heterocycles. The molecule has 1 aromatic heterocycles. The van der Waals surface area contributed by atoms with Crippen molar-refractivity contribution in [3.05, 3.63) is 45.9 Å². The van der Waals surface area contributed by atoms with Crippen LogP contribution in [-0.2, 0) is 0 Å². The molecule has 0 radical (unpaired) electrons. The Morgan fingerprint density at radius 3 is 2.43 bits per heavy atom. The minimum Gasteiger partial charge on any atom is -0.372 e. The molecule has 2 aromatic rings. The van der Waals surface area contributed by atoms with Gasteiger partial charge in [0.1, 0.15) is 11.1 Å². The van der Waals surface area contributed by atoms with Gasteiger partial charge < -0.3 is 4.90 Å². The molecule has 0 bridgehead atoms. The molecule has 118 valence electrons. The molecule has 3 rings (SSSR count). The zero-order valence-corrected chi connectivity index (χ0v) is 14.3. The molecule has 1 saturated heterocycles. The van der Waals surface area contributed by atoms with Crippen molar-refractivity contribution in [3.8, 4) is 6.07 Å². The van der Waals surface area contributed by atoms with Gasteiger partial charge in [-0.2, -0.15) is 5.26 Å². The highest BCUT2D eigenvalue weighted by Crippen LogP contribution is 2.24. The van der Waals surface area contributed by atoms with Gasteiger partial charge in [0.15, 0.2) is 0 Å². The normalized spacial score (nSPS) is 16.0. The molecule has 0 amide bonds. The molecule has 3 nitrogen and oxygen atoms in total. The molecule has 23 heavy (non-hydrogen) atoms. The lowest BCUT2D eigenvalue weighted by atomic mass is 10.1. The molecule has 0 aliphatic carbocycles. The fourth-order valence-corrected chi connectivity index (χ4v) is 3.66. The number of allylic oxidation sites excluding steroid dienone is 1. The summed E-state index contributed by atoms with van der Waals surface area (Å²) in [5, 5.41) is 12.1. The van der Waals surface area contributed by atoms with Crippen LogP contribution in [0.15, 0.2) is 29.6 Å². The number of hydrogen-bond donors (Lipinski definition) is 0. The lowest BCUT2D eigenvalue weighted by Crippen LogP contribution is -2.23. The van der Waals surface area contributed by atoms with Crippen LogP contribution in [-0.4, -0.2) is 18.1 Å². The zero-order chi connectivity index (χ0) is 16.1. The summed E-state index contributed by atoms with van der Waals surface area (Å²) in [6, 6.07) is 10.8. The highest BCUT2D eigenvalue weighted by atomic mass is 32.1. The van der Waals surface area contributed by atoms with Crippen LogP contribution in [0.1, 0.15) is 41.9 Å². The molecule has 0 saturated carbocycles.